The van der Waals surface area contributed by atoms with Gasteiger partial charge >= 0.3 is 6.18 Å². The van der Waals surface area contributed by atoms with Crippen molar-refractivity contribution < 1.29 is 13.2 Å². The van der Waals surface area contributed by atoms with Crippen molar-refractivity contribution in [2.45, 2.75) is 32.0 Å². The molecule has 1 N–H and O–H groups in total. The molecule has 8 heteroatoms. The highest BCUT2D eigenvalue weighted by Gasteiger charge is 2.35. The van der Waals surface area contributed by atoms with Gasteiger partial charge in [0.15, 0.2) is 0 Å². The monoisotopic (exact) mass is 390 g/mol. The van der Waals surface area contributed by atoms with Gasteiger partial charge in [0.2, 0.25) is 5.56 Å². The molecule has 1 aliphatic heterocycles. The Labute approximate surface area is 159 Å². The summed E-state index contributed by atoms with van der Waals surface area (Å²) in [5, 5.41) is 8.01. The van der Waals surface area contributed by atoms with Crippen LogP contribution < -0.4 is 10.9 Å². The van der Waals surface area contributed by atoms with E-state index in [1.54, 1.807) is 37.0 Å². The minimum absolute atomic E-state index is 0.0303. The van der Waals surface area contributed by atoms with Gasteiger partial charge in [-0.2, -0.15) is 18.3 Å². The number of pyridine rings is 1. The molecule has 0 spiro atoms. The number of rotatable bonds is 2. The molecular formula is C20H21F3N4O. The second-order valence-corrected chi connectivity index (χ2v) is 7.28. The summed E-state index contributed by atoms with van der Waals surface area (Å²) in [4.78, 5) is 11.8. The number of fused-ring (bicyclic) bond motifs is 1. The summed E-state index contributed by atoms with van der Waals surface area (Å²) in [6.45, 7) is 3.39. The van der Waals surface area contributed by atoms with E-state index in [0.717, 1.165) is 32.0 Å². The molecule has 0 atom stereocenters. The quantitative estimate of drug-likeness (QED) is 0.727. The molecule has 1 fully saturated rings. The molecule has 3 heterocycles. The predicted octanol–water partition coefficient (Wildman–Crippen LogP) is 3.65. The van der Waals surface area contributed by atoms with Gasteiger partial charge in [-0.05, 0) is 56.6 Å². The van der Waals surface area contributed by atoms with Crippen LogP contribution in [0.3, 0.4) is 0 Å². The van der Waals surface area contributed by atoms with Crippen molar-refractivity contribution in [3.8, 4) is 11.1 Å². The zero-order chi connectivity index (χ0) is 20.1. The number of piperidine rings is 1. The first-order chi connectivity index (χ1) is 13.3. The van der Waals surface area contributed by atoms with E-state index in [1.165, 1.54) is 10.6 Å². The van der Waals surface area contributed by atoms with E-state index in [1.807, 2.05) is 0 Å². The van der Waals surface area contributed by atoms with Crippen LogP contribution in [0.15, 0.2) is 35.3 Å². The molecule has 0 unspecified atom stereocenters. The van der Waals surface area contributed by atoms with E-state index in [4.69, 9.17) is 0 Å². The van der Waals surface area contributed by atoms with Crippen LogP contribution >= 0.6 is 0 Å². The molecule has 148 valence electrons. The standard InChI is InChI=1S/C20H21F3N4O/c1-12-16(3-4-18(28)26(12)2)13-9-14-11-27(15-5-7-24-8-6-15)25-19(14)17(10-13)20(21,22)23/h3-4,9-11,15,24H,5-8H2,1-2H3. The van der Waals surface area contributed by atoms with E-state index in [2.05, 4.69) is 10.4 Å². The van der Waals surface area contributed by atoms with E-state index in [9.17, 15) is 18.0 Å². The van der Waals surface area contributed by atoms with Crippen molar-refractivity contribution in [2.24, 2.45) is 7.05 Å². The number of alkyl halides is 3. The lowest BCUT2D eigenvalue weighted by atomic mass is 9.99. The lowest BCUT2D eigenvalue weighted by Gasteiger charge is -2.22. The zero-order valence-corrected chi connectivity index (χ0v) is 15.7. The summed E-state index contributed by atoms with van der Waals surface area (Å²) >= 11 is 0. The number of aromatic nitrogens is 3. The topological polar surface area (TPSA) is 51.9 Å². The van der Waals surface area contributed by atoms with Gasteiger partial charge in [-0.25, -0.2) is 0 Å². The van der Waals surface area contributed by atoms with Crippen molar-refractivity contribution in [2.75, 3.05) is 13.1 Å². The summed E-state index contributed by atoms with van der Waals surface area (Å²) in [5.41, 5.74) is 0.669. The highest BCUT2D eigenvalue weighted by Crippen LogP contribution is 2.38. The average molecular weight is 390 g/mol. The highest BCUT2D eigenvalue weighted by atomic mass is 19.4. The second-order valence-electron chi connectivity index (χ2n) is 7.28. The maximum atomic E-state index is 13.8. The first-order valence-corrected chi connectivity index (χ1v) is 9.23. The van der Waals surface area contributed by atoms with Gasteiger partial charge in [-0.3, -0.25) is 9.48 Å². The Bertz CT molecular complexity index is 1090. The van der Waals surface area contributed by atoms with Gasteiger partial charge in [0.1, 0.15) is 5.52 Å². The predicted molar refractivity (Wildman–Crippen MR) is 101 cm³/mol. The maximum absolute atomic E-state index is 13.8. The van der Waals surface area contributed by atoms with Crippen LogP contribution in [0.2, 0.25) is 0 Å². The molecule has 0 radical (unpaired) electrons. The van der Waals surface area contributed by atoms with Gasteiger partial charge in [0.05, 0.1) is 11.6 Å². The summed E-state index contributed by atoms with van der Waals surface area (Å²) in [5.74, 6) is 0. The number of hydrogen-bond donors (Lipinski definition) is 1. The molecule has 4 rings (SSSR count). The maximum Gasteiger partial charge on any atom is 0.418 e. The van der Waals surface area contributed by atoms with Crippen LogP contribution in [0.4, 0.5) is 13.2 Å². The third-order valence-corrected chi connectivity index (χ3v) is 5.54. The number of halogens is 3. The van der Waals surface area contributed by atoms with Gasteiger partial charge in [-0.1, -0.05) is 0 Å². The van der Waals surface area contributed by atoms with Gasteiger partial charge < -0.3 is 9.88 Å². The SMILES string of the molecule is Cc1c(-c2cc(C(F)(F)F)c3nn(C4CCNCC4)cc3c2)ccc(=O)n1C. The Morgan fingerprint density at radius 2 is 1.89 bits per heavy atom. The van der Waals surface area contributed by atoms with Crippen LogP contribution in [0.1, 0.15) is 30.1 Å². The molecule has 1 saturated heterocycles. The summed E-state index contributed by atoms with van der Waals surface area (Å²) < 4.78 is 44.5. The Kier molecular flexibility index (Phi) is 4.53. The number of nitrogens with zero attached hydrogens (tertiary/aromatic N) is 3. The largest absolute Gasteiger partial charge is 0.418 e. The molecule has 0 bridgehead atoms. The smallest absolute Gasteiger partial charge is 0.317 e. The van der Waals surface area contributed by atoms with Crippen molar-refractivity contribution in [3.05, 3.63) is 52.1 Å². The molecule has 1 aliphatic rings. The minimum atomic E-state index is -4.52. The normalized spacial score (nSPS) is 16.0. The number of nitrogens with one attached hydrogen (secondary N) is 1. The summed E-state index contributed by atoms with van der Waals surface area (Å²) in [7, 11) is 1.61. The van der Waals surface area contributed by atoms with E-state index in [0.29, 0.717) is 22.2 Å². The van der Waals surface area contributed by atoms with Crippen LogP contribution in [-0.2, 0) is 13.2 Å². The molecule has 2 aromatic heterocycles. The Hall–Kier alpha value is -2.61. The van der Waals surface area contributed by atoms with E-state index >= 15 is 0 Å². The highest BCUT2D eigenvalue weighted by molar-refractivity contribution is 5.88. The van der Waals surface area contributed by atoms with Crippen molar-refractivity contribution in [1.29, 1.82) is 0 Å². The van der Waals surface area contributed by atoms with Crippen LogP contribution in [0.5, 0.6) is 0 Å². The summed E-state index contributed by atoms with van der Waals surface area (Å²) in [6, 6.07) is 5.91. The molecule has 3 aromatic rings. The fraction of sp³-hybridized carbons (Fsp3) is 0.400. The van der Waals surface area contributed by atoms with E-state index in [-0.39, 0.29) is 17.1 Å². The van der Waals surface area contributed by atoms with Gasteiger partial charge in [0.25, 0.3) is 0 Å². The van der Waals surface area contributed by atoms with Gasteiger partial charge in [0, 0.05) is 36.0 Å². The molecule has 1 aromatic carbocycles. The average Bonchev–Trinajstić information content (AvgIpc) is 3.09. The Morgan fingerprint density at radius 1 is 1.18 bits per heavy atom. The fourth-order valence-electron chi connectivity index (χ4n) is 3.82. The molecule has 0 aliphatic carbocycles. The van der Waals surface area contributed by atoms with Crippen LogP contribution in [-0.4, -0.2) is 27.4 Å². The van der Waals surface area contributed by atoms with Crippen LogP contribution in [0, 0.1) is 6.92 Å². The van der Waals surface area contributed by atoms with Gasteiger partial charge in [-0.15, -0.1) is 0 Å². The lowest BCUT2D eigenvalue weighted by molar-refractivity contribution is -0.136. The lowest BCUT2D eigenvalue weighted by Crippen LogP contribution is -2.29. The molecule has 5 nitrogen and oxygen atoms in total. The Morgan fingerprint density at radius 3 is 2.57 bits per heavy atom. The number of benzene rings is 1. The molecular weight excluding hydrogens is 369 g/mol. The molecule has 0 amide bonds. The summed E-state index contributed by atoms with van der Waals surface area (Å²) in [6.07, 6.45) is -1.14. The zero-order valence-electron chi connectivity index (χ0n) is 15.7. The third-order valence-electron chi connectivity index (χ3n) is 5.54. The van der Waals surface area contributed by atoms with Crippen molar-refractivity contribution >= 4 is 10.9 Å². The third kappa shape index (κ3) is 3.22. The Balaban J connectivity index is 1.92. The molecule has 0 saturated carbocycles. The minimum Gasteiger partial charge on any atom is -0.317 e. The molecule has 28 heavy (non-hydrogen) atoms. The number of hydrogen-bond acceptors (Lipinski definition) is 3. The first-order valence-electron chi connectivity index (χ1n) is 9.23. The second kappa shape index (κ2) is 6.77. The fourth-order valence-corrected chi connectivity index (χ4v) is 3.82. The van der Waals surface area contributed by atoms with Crippen LogP contribution in [0.25, 0.3) is 22.0 Å². The van der Waals surface area contributed by atoms with E-state index < -0.39 is 11.7 Å². The van der Waals surface area contributed by atoms with Crippen molar-refractivity contribution in [3.63, 3.8) is 0 Å². The first kappa shape index (κ1) is 18.7. The van der Waals surface area contributed by atoms with Crippen molar-refractivity contribution in [1.82, 2.24) is 19.7 Å².